The van der Waals surface area contributed by atoms with Gasteiger partial charge in [-0.05, 0) is 68.7 Å². The quantitative estimate of drug-likeness (QED) is 0.265. The first-order valence-corrected chi connectivity index (χ1v) is 13.7. The van der Waals surface area contributed by atoms with E-state index in [1.165, 1.54) is 17.0 Å². The number of amides is 2. The van der Waals surface area contributed by atoms with Crippen LogP contribution >= 0.6 is 15.9 Å². The average Bonchev–Trinajstić information content (AvgIpc) is 2.90. The number of hydrogen-bond donors (Lipinski definition) is 1. The molecular formula is C31H36BrFN2O3. The predicted molar refractivity (Wildman–Crippen MR) is 152 cm³/mol. The SMILES string of the molecule is CC(C)CNC(=O)[C@@H](Cc1ccccc1)N(Cc1ccc(F)cc1)C(=O)COc1ccc(C(C)C)cc1Br. The van der Waals surface area contributed by atoms with Gasteiger partial charge in [-0.15, -0.1) is 0 Å². The second-order valence-electron chi connectivity index (χ2n) is 10.1. The number of halogens is 2. The summed E-state index contributed by atoms with van der Waals surface area (Å²) in [5.74, 6) is 0.229. The third-order valence-corrected chi connectivity index (χ3v) is 6.82. The highest BCUT2D eigenvalue weighted by Crippen LogP contribution is 2.29. The fourth-order valence-corrected chi connectivity index (χ4v) is 4.49. The molecule has 202 valence electrons. The maximum Gasteiger partial charge on any atom is 0.261 e. The molecule has 0 aromatic heterocycles. The van der Waals surface area contributed by atoms with Crippen LogP contribution in [0.25, 0.3) is 0 Å². The Hall–Kier alpha value is -3.19. The zero-order valence-corrected chi connectivity index (χ0v) is 24.0. The van der Waals surface area contributed by atoms with E-state index >= 15 is 0 Å². The van der Waals surface area contributed by atoms with Gasteiger partial charge >= 0.3 is 0 Å². The molecular weight excluding hydrogens is 547 g/mol. The number of carbonyl (C=O) groups is 2. The molecule has 3 rings (SSSR count). The molecule has 0 radical (unpaired) electrons. The van der Waals surface area contributed by atoms with Crippen LogP contribution in [-0.2, 0) is 22.6 Å². The maximum absolute atomic E-state index is 13.7. The van der Waals surface area contributed by atoms with Crippen molar-refractivity contribution in [1.29, 1.82) is 0 Å². The largest absolute Gasteiger partial charge is 0.483 e. The number of carbonyl (C=O) groups excluding carboxylic acids is 2. The van der Waals surface area contributed by atoms with Gasteiger partial charge in [0.25, 0.3) is 5.91 Å². The van der Waals surface area contributed by atoms with Crippen molar-refractivity contribution >= 4 is 27.7 Å². The van der Waals surface area contributed by atoms with Crippen LogP contribution < -0.4 is 10.1 Å². The summed E-state index contributed by atoms with van der Waals surface area (Å²) in [5.41, 5.74) is 2.80. The minimum absolute atomic E-state index is 0.141. The van der Waals surface area contributed by atoms with Gasteiger partial charge in [-0.1, -0.05) is 76.2 Å². The minimum Gasteiger partial charge on any atom is -0.483 e. The first-order valence-electron chi connectivity index (χ1n) is 12.9. The molecule has 0 aliphatic rings. The number of ether oxygens (including phenoxy) is 1. The Balaban J connectivity index is 1.89. The fourth-order valence-electron chi connectivity index (χ4n) is 3.98. The van der Waals surface area contributed by atoms with Crippen molar-refractivity contribution in [3.63, 3.8) is 0 Å². The molecule has 0 aliphatic heterocycles. The Kier molecular flexibility index (Phi) is 10.9. The molecule has 5 nitrogen and oxygen atoms in total. The molecule has 1 atom stereocenters. The normalized spacial score (nSPS) is 11.9. The summed E-state index contributed by atoms with van der Waals surface area (Å²) >= 11 is 3.54. The number of hydrogen-bond acceptors (Lipinski definition) is 3. The van der Waals surface area contributed by atoms with Crippen LogP contribution in [0.3, 0.4) is 0 Å². The number of nitrogens with one attached hydrogen (secondary N) is 1. The van der Waals surface area contributed by atoms with Crippen LogP contribution in [0.1, 0.15) is 50.3 Å². The molecule has 0 saturated carbocycles. The van der Waals surface area contributed by atoms with E-state index < -0.39 is 6.04 Å². The lowest BCUT2D eigenvalue weighted by molar-refractivity contribution is -0.142. The number of nitrogens with zero attached hydrogens (tertiary/aromatic N) is 1. The van der Waals surface area contributed by atoms with Crippen molar-refractivity contribution in [1.82, 2.24) is 10.2 Å². The summed E-state index contributed by atoms with van der Waals surface area (Å²) in [6, 6.07) is 20.6. The molecule has 0 heterocycles. The zero-order valence-electron chi connectivity index (χ0n) is 22.4. The van der Waals surface area contributed by atoms with E-state index in [2.05, 4.69) is 35.1 Å². The Labute approximate surface area is 233 Å². The van der Waals surface area contributed by atoms with Crippen molar-refractivity contribution in [2.45, 2.75) is 52.6 Å². The Morgan fingerprint density at radius 3 is 2.24 bits per heavy atom. The van der Waals surface area contributed by atoms with Crippen LogP contribution in [-0.4, -0.2) is 35.9 Å². The minimum atomic E-state index is -0.774. The van der Waals surface area contributed by atoms with Gasteiger partial charge in [0, 0.05) is 19.5 Å². The summed E-state index contributed by atoms with van der Waals surface area (Å²) in [4.78, 5) is 28.7. The van der Waals surface area contributed by atoms with Gasteiger partial charge in [-0.25, -0.2) is 4.39 Å². The Bertz CT molecular complexity index is 1200. The van der Waals surface area contributed by atoms with E-state index in [-0.39, 0.29) is 36.7 Å². The van der Waals surface area contributed by atoms with Gasteiger partial charge in [0.1, 0.15) is 17.6 Å². The van der Waals surface area contributed by atoms with Crippen LogP contribution in [0.5, 0.6) is 5.75 Å². The third kappa shape index (κ3) is 8.69. The highest BCUT2D eigenvalue weighted by atomic mass is 79.9. The van der Waals surface area contributed by atoms with Crippen molar-refractivity contribution in [3.05, 3.63) is 99.8 Å². The summed E-state index contributed by atoms with van der Waals surface area (Å²) < 4.78 is 20.3. The summed E-state index contributed by atoms with van der Waals surface area (Å²) in [7, 11) is 0. The standard InChI is InChI=1S/C31H36BrFN2O3/c1-21(2)18-34-31(37)28(16-23-8-6-5-7-9-23)35(19-24-10-13-26(33)14-11-24)30(36)20-38-29-15-12-25(22(3)4)17-27(29)32/h5-15,17,21-22,28H,16,18-20H2,1-4H3,(H,34,37)/t28-/m1/s1. The Morgan fingerprint density at radius 2 is 1.63 bits per heavy atom. The topological polar surface area (TPSA) is 58.6 Å². The molecule has 7 heteroatoms. The molecule has 0 fully saturated rings. The van der Waals surface area contributed by atoms with E-state index in [0.717, 1.165) is 21.2 Å². The number of rotatable bonds is 12. The van der Waals surface area contributed by atoms with Crippen LogP contribution in [0.15, 0.2) is 77.3 Å². The maximum atomic E-state index is 13.7. The van der Waals surface area contributed by atoms with Crippen LogP contribution in [0, 0.1) is 11.7 Å². The zero-order chi connectivity index (χ0) is 27.7. The molecule has 0 bridgehead atoms. The average molecular weight is 584 g/mol. The second-order valence-corrected chi connectivity index (χ2v) is 11.0. The molecule has 3 aromatic rings. The van der Waals surface area contributed by atoms with E-state index in [0.29, 0.717) is 24.6 Å². The van der Waals surface area contributed by atoms with Gasteiger partial charge in [0.2, 0.25) is 5.91 Å². The highest BCUT2D eigenvalue weighted by molar-refractivity contribution is 9.10. The van der Waals surface area contributed by atoms with Crippen molar-refractivity contribution in [2.75, 3.05) is 13.2 Å². The summed E-state index contributed by atoms with van der Waals surface area (Å²) in [6.07, 6.45) is 0.338. The lowest BCUT2D eigenvalue weighted by Crippen LogP contribution is -2.52. The monoisotopic (exact) mass is 582 g/mol. The van der Waals surface area contributed by atoms with Crippen LogP contribution in [0.2, 0.25) is 0 Å². The van der Waals surface area contributed by atoms with Crippen molar-refractivity contribution in [3.8, 4) is 5.75 Å². The third-order valence-electron chi connectivity index (χ3n) is 6.20. The molecule has 0 spiro atoms. The van der Waals surface area contributed by atoms with Crippen molar-refractivity contribution < 1.29 is 18.7 Å². The van der Waals surface area contributed by atoms with Gasteiger partial charge in [-0.2, -0.15) is 0 Å². The van der Waals surface area contributed by atoms with Crippen LogP contribution in [0.4, 0.5) is 4.39 Å². The first kappa shape index (κ1) is 29.4. The molecule has 0 saturated heterocycles. The smallest absolute Gasteiger partial charge is 0.261 e. The second kappa shape index (κ2) is 14.1. The molecule has 1 N–H and O–H groups in total. The Morgan fingerprint density at radius 1 is 0.947 bits per heavy atom. The van der Waals surface area contributed by atoms with E-state index in [1.807, 2.05) is 62.4 Å². The lowest BCUT2D eigenvalue weighted by atomic mass is 10.0. The molecule has 2 amide bonds. The van der Waals surface area contributed by atoms with E-state index in [1.54, 1.807) is 12.1 Å². The number of benzene rings is 3. The van der Waals surface area contributed by atoms with Gasteiger partial charge in [0.05, 0.1) is 4.47 Å². The summed E-state index contributed by atoms with van der Waals surface area (Å²) in [5, 5.41) is 2.99. The fraction of sp³-hybridized carbons (Fsp3) is 0.355. The lowest BCUT2D eigenvalue weighted by Gasteiger charge is -2.31. The predicted octanol–water partition coefficient (Wildman–Crippen LogP) is 6.50. The van der Waals surface area contributed by atoms with E-state index in [9.17, 15) is 14.0 Å². The van der Waals surface area contributed by atoms with Gasteiger partial charge in [0.15, 0.2) is 6.61 Å². The summed E-state index contributed by atoms with van der Waals surface area (Å²) in [6.45, 7) is 8.64. The molecule has 0 aliphatic carbocycles. The van der Waals surface area contributed by atoms with E-state index in [4.69, 9.17) is 4.74 Å². The first-order chi connectivity index (χ1) is 18.1. The molecule has 3 aromatic carbocycles. The van der Waals surface area contributed by atoms with Gasteiger partial charge in [-0.3, -0.25) is 9.59 Å². The van der Waals surface area contributed by atoms with Gasteiger partial charge < -0.3 is 15.0 Å². The molecule has 38 heavy (non-hydrogen) atoms. The molecule has 0 unspecified atom stereocenters. The highest BCUT2D eigenvalue weighted by Gasteiger charge is 2.31. The van der Waals surface area contributed by atoms with Crippen molar-refractivity contribution in [2.24, 2.45) is 5.92 Å².